The summed E-state index contributed by atoms with van der Waals surface area (Å²) in [7, 11) is 0. The number of anilines is 1. The summed E-state index contributed by atoms with van der Waals surface area (Å²) in [5.41, 5.74) is 0.991. The van der Waals surface area contributed by atoms with Gasteiger partial charge in [-0.05, 0) is 30.7 Å². The van der Waals surface area contributed by atoms with E-state index in [-0.39, 0.29) is 0 Å². The second-order valence-corrected chi connectivity index (χ2v) is 4.55. The monoisotopic (exact) mass is 253 g/mol. The molecule has 0 atom stereocenters. The molecule has 84 valence electrons. The van der Waals surface area contributed by atoms with E-state index in [1.807, 2.05) is 24.3 Å². The van der Waals surface area contributed by atoms with Crippen molar-refractivity contribution in [2.75, 3.05) is 11.9 Å². The smallest absolute Gasteiger partial charge is 0.202 e. The molecule has 0 aliphatic rings. The van der Waals surface area contributed by atoms with Gasteiger partial charge in [0.2, 0.25) is 5.13 Å². The van der Waals surface area contributed by atoms with E-state index < -0.39 is 0 Å². The van der Waals surface area contributed by atoms with Crippen LogP contribution in [0.4, 0.5) is 5.13 Å². The number of rotatable bonds is 4. The van der Waals surface area contributed by atoms with Crippen molar-refractivity contribution < 1.29 is 0 Å². The fourth-order valence-electron chi connectivity index (χ4n) is 1.24. The van der Waals surface area contributed by atoms with E-state index in [4.69, 9.17) is 11.6 Å². The number of nitrogens with one attached hydrogen (secondary N) is 1. The molecule has 0 bridgehead atoms. The minimum atomic E-state index is 0.725. The molecule has 0 fully saturated rings. The fraction of sp³-hybridized carbons (Fsp3) is 0.273. The molecule has 5 heteroatoms. The van der Waals surface area contributed by atoms with Crippen LogP contribution in [0.3, 0.4) is 0 Å². The first-order valence-corrected chi connectivity index (χ1v) is 6.28. The summed E-state index contributed by atoms with van der Waals surface area (Å²) in [4.78, 5) is 4.40. The molecule has 0 amide bonds. The minimum Gasteiger partial charge on any atom is -0.360 e. The van der Waals surface area contributed by atoms with E-state index in [2.05, 4.69) is 21.6 Å². The number of benzene rings is 1. The van der Waals surface area contributed by atoms with Gasteiger partial charge in [0.05, 0.1) is 0 Å². The second kappa shape index (κ2) is 5.27. The van der Waals surface area contributed by atoms with E-state index in [1.165, 1.54) is 11.5 Å². The second-order valence-electron chi connectivity index (χ2n) is 3.36. The van der Waals surface area contributed by atoms with Gasteiger partial charge in [0, 0.05) is 28.7 Å². The normalized spacial score (nSPS) is 10.4. The van der Waals surface area contributed by atoms with E-state index in [0.29, 0.717) is 0 Å². The van der Waals surface area contributed by atoms with Gasteiger partial charge in [0.1, 0.15) is 0 Å². The molecule has 1 N–H and O–H groups in total. The van der Waals surface area contributed by atoms with Gasteiger partial charge >= 0.3 is 0 Å². The average molecular weight is 254 g/mol. The Morgan fingerprint density at radius 2 is 2.06 bits per heavy atom. The molecule has 2 rings (SSSR count). The highest BCUT2D eigenvalue weighted by Gasteiger charge is 2.05. The molecular formula is C11H12ClN3S. The standard InChI is InChI=1S/C11H12ClN3S/c1-2-7-13-11-14-10(15-16-11)8-3-5-9(12)6-4-8/h3-6H,2,7H2,1H3,(H,13,14,15). The van der Waals surface area contributed by atoms with Gasteiger partial charge in [-0.15, -0.1) is 0 Å². The van der Waals surface area contributed by atoms with Crippen molar-refractivity contribution >= 4 is 28.3 Å². The summed E-state index contributed by atoms with van der Waals surface area (Å²) in [5, 5.41) is 4.81. The third-order valence-electron chi connectivity index (χ3n) is 2.05. The van der Waals surface area contributed by atoms with Gasteiger partial charge in [-0.25, -0.2) is 0 Å². The molecule has 0 radical (unpaired) electrons. The van der Waals surface area contributed by atoms with Gasteiger partial charge in [-0.1, -0.05) is 18.5 Å². The first-order chi connectivity index (χ1) is 7.79. The van der Waals surface area contributed by atoms with Crippen LogP contribution < -0.4 is 5.32 Å². The Morgan fingerprint density at radius 1 is 1.31 bits per heavy atom. The average Bonchev–Trinajstić information content (AvgIpc) is 2.76. The van der Waals surface area contributed by atoms with E-state index in [9.17, 15) is 0 Å². The Kier molecular flexibility index (Phi) is 3.74. The van der Waals surface area contributed by atoms with Crippen molar-refractivity contribution in [3.05, 3.63) is 29.3 Å². The van der Waals surface area contributed by atoms with Crippen LogP contribution in [0, 0.1) is 0 Å². The summed E-state index contributed by atoms with van der Waals surface area (Å²) in [5.74, 6) is 0.750. The summed E-state index contributed by atoms with van der Waals surface area (Å²) in [6.45, 7) is 3.05. The molecule has 0 saturated heterocycles. The predicted octanol–water partition coefficient (Wildman–Crippen LogP) is 3.68. The molecule has 1 heterocycles. The van der Waals surface area contributed by atoms with E-state index >= 15 is 0 Å². The largest absolute Gasteiger partial charge is 0.360 e. The summed E-state index contributed by atoms with van der Waals surface area (Å²) >= 11 is 7.21. The molecular weight excluding hydrogens is 242 g/mol. The lowest BCUT2D eigenvalue weighted by atomic mass is 10.2. The van der Waals surface area contributed by atoms with Gasteiger partial charge in [0.25, 0.3) is 0 Å². The number of hydrogen-bond donors (Lipinski definition) is 1. The third kappa shape index (κ3) is 2.71. The zero-order chi connectivity index (χ0) is 11.4. The maximum atomic E-state index is 5.82. The first-order valence-electron chi connectivity index (χ1n) is 5.13. The van der Waals surface area contributed by atoms with Crippen molar-refractivity contribution in [1.29, 1.82) is 0 Å². The van der Waals surface area contributed by atoms with Crippen LogP contribution in [0.5, 0.6) is 0 Å². The van der Waals surface area contributed by atoms with Crippen molar-refractivity contribution in [3.8, 4) is 11.4 Å². The maximum Gasteiger partial charge on any atom is 0.202 e. The molecule has 0 unspecified atom stereocenters. The first kappa shape index (κ1) is 11.4. The molecule has 1 aromatic heterocycles. The van der Waals surface area contributed by atoms with Crippen LogP contribution in [0.2, 0.25) is 5.02 Å². The van der Waals surface area contributed by atoms with Gasteiger partial charge in [-0.3, -0.25) is 0 Å². The van der Waals surface area contributed by atoms with Crippen molar-refractivity contribution in [3.63, 3.8) is 0 Å². The van der Waals surface area contributed by atoms with Crippen molar-refractivity contribution in [2.24, 2.45) is 0 Å². The zero-order valence-electron chi connectivity index (χ0n) is 8.90. The van der Waals surface area contributed by atoms with Gasteiger partial charge < -0.3 is 5.32 Å². The molecule has 0 aliphatic heterocycles. The zero-order valence-corrected chi connectivity index (χ0v) is 10.5. The maximum absolute atomic E-state index is 5.82. The topological polar surface area (TPSA) is 37.8 Å². The van der Waals surface area contributed by atoms with Crippen LogP contribution in [0.15, 0.2) is 24.3 Å². The lowest BCUT2D eigenvalue weighted by Gasteiger charge is -1.96. The summed E-state index contributed by atoms with van der Waals surface area (Å²) < 4.78 is 4.29. The summed E-state index contributed by atoms with van der Waals surface area (Å²) in [6, 6.07) is 7.54. The molecule has 2 aromatic rings. The number of halogens is 1. The minimum absolute atomic E-state index is 0.725. The highest BCUT2D eigenvalue weighted by molar-refractivity contribution is 7.09. The third-order valence-corrected chi connectivity index (χ3v) is 2.98. The SMILES string of the molecule is CCCNc1nc(-c2ccc(Cl)cc2)ns1. The van der Waals surface area contributed by atoms with Gasteiger partial charge in [0.15, 0.2) is 5.82 Å². The van der Waals surface area contributed by atoms with Crippen LogP contribution in [0.25, 0.3) is 11.4 Å². The molecule has 0 aliphatic carbocycles. The highest BCUT2D eigenvalue weighted by Crippen LogP contribution is 2.22. The molecule has 3 nitrogen and oxygen atoms in total. The Morgan fingerprint density at radius 3 is 2.75 bits per heavy atom. The highest BCUT2D eigenvalue weighted by atomic mass is 35.5. The Labute approximate surface area is 104 Å². The van der Waals surface area contributed by atoms with Crippen LogP contribution >= 0.6 is 23.1 Å². The molecule has 0 saturated carbocycles. The molecule has 16 heavy (non-hydrogen) atoms. The van der Waals surface area contributed by atoms with Crippen LogP contribution in [-0.2, 0) is 0 Å². The Bertz CT molecular complexity index is 453. The predicted molar refractivity (Wildman–Crippen MR) is 69.1 cm³/mol. The lowest BCUT2D eigenvalue weighted by molar-refractivity contribution is 0.976. The van der Waals surface area contributed by atoms with Crippen molar-refractivity contribution in [1.82, 2.24) is 9.36 Å². The van der Waals surface area contributed by atoms with E-state index in [1.54, 1.807) is 0 Å². The Balaban J connectivity index is 2.15. The van der Waals surface area contributed by atoms with E-state index in [0.717, 1.165) is 34.5 Å². The van der Waals surface area contributed by atoms with Crippen molar-refractivity contribution in [2.45, 2.75) is 13.3 Å². The molecule has 1 aromatic carbocycles. The number of nitrogens with zero attached hydrogens (tertiary/aromatic N) is 2. The lowest BCUT2D eigenvalue weighted by Crippen LogP contribution is -1.98. The number of aromatic nitrogens is 2. The van der Waals surface area contributed by atoms with Gasteiger partial charge in [-0.2, -0.15) is 9.36 Å². The summed E-state index contributed by atoms with van der Waals surface area (Å²) in [6.07, 6.45) is 1.08. The van der Waals surface area contributed by atoms with Crippen LogP contribution in [0.1, 0.15) is 13.3 Å². The van der Waals surface area contributed by atoms with Crippen LogP contribution in [-0.4, -0.2) is 15.9 Å². The fourth-order valence-corrected chi connectivity index (χ4v) is 1.98. The quantitative estimate of drug-likeness (QED) is 0.903. The Hall–Kier alpha value is -1.13. The number of hydrogen-bond acceptors (Lipinski definition) is 4. The molecule has 0 spiro atoms.